The molecule has 3 nitrogen and oxygen atoms in total. The number of carbonyl (C=O) groups excluding carboxylic acids is 1. The van der Waals surface area contributed by atoms with Gasteiger partial charge in [-0.15, -0.1) is 0 Å². The lowest BCUT2D eigenvalue weighted by Gasteiger charge is -2.26. The Morgan fingerprint density at radius 2 is 1.94 bits per heavy atom. The zero-order valence-electron chi connectivity index (χ0n) is 9.98. The van der Waals surface area contributed by atoms with E-state index in [1.165, 1.54) is 14.2 Å². The van der Waals surface area contributed by atoms with Gasteiger partial charge in [0.25, 0.3) is 5.91 Å². The molecule has 5 heteroatoms. The topological polar surface area (TPSA) is 29.5 Å². The fraction of sp³-hybridized carbons (Fsp3) is 0.417. The second-order valence-electron chi connectivity index (χ2n) is 3.67. The molecule has 0 heterocycles. The fourth-order valence-corrected chi connectivity index (χ4v) is 1.56. The predicted octanol–water partition coefficient (Wildman–Crippen LogP) is 2.48. The Hall–Kier alpha value is -1.65. The maximum Gasteiger partial charge on any atom is 0.315 e. The van der Waals surface area contributed by atoms with Gasteiger partial charge in [-0.2, -0.15) is 8.78 Å². The Morgan fingerprint density at radius 1 is 1.35 bits per heavy atom. The van der Waals surface area contributed by atoms with Crippen LogP contribution in [0.4, 0.5) is 8.78 Å². The minimum absolute atomic E-state index is 0.465. The maximum absolute atomic E-state index is 12.3. The van der Waals surface area contributed by atoms with Crippen molar-refractivity contribution in [3.8, 4) is 5.75 Å². The van der Waals surface area contributed by atoms with Gasteiger partial charge in [-0.1, -0.05) is 18.2 Å². The highest BCUT2D eigenvalue weighted by atomic mass is 19.3. The van der Waals surface area contributed by atoms with Crippen molar-refractivity contribution in [2.75, 3.05) is 14.2 Å². The Morgan fingerprint density at radius 3 is 2.47 bits per heavy atom. The first-order valence-electron chi connectivity index (χ1n) is 5.16. The van der Waals surface area contributed by atoms with Crippen molar-refractivity contribution < 1.29 is 18.3 Å². The molecular weight excluding hydrogens is 228 g/mol. The molecule has 0 fully saturated rings. The van der Waals surface area contributed by atoms with E-state index in [9.17, 15) is 13.6 Å². The Labute approximate surface area is 99.0 Å². The van der Waals surface area contributed by atoms with Crippen LogP contribution < -0.4 is 4.74 Å². The second-order valence-corrected chi connectivity index (χ2v) is 3.67. The molecular formula is C12H15F2NO2. The van der Waals surface area contributed by atoms with Crippen LogP contribution >= 0.6 is 0 Å². The van der Waals surface area contributed by atoms with Crippen molar-refractivity contribution in [3.63, 3.8) is 0 Å². The zero-order valence-corrected chi connectivity index (χ0v) is 9.98. The summed E-state index contributed by atoms with van der Waals surface area (Å²) in [6.45, 7) is 1.68. The minimum Gasteiger partial charge on any atom is -0.496 e. The quantitative estimate of drug-likeness (QED) is 0.813. The summed E-state index contributed by atoms with van der Waals surface area (Å²) in [5, 5.41) is 0. The average Bonchev–Trinajstić information content (AvgIpc) is 2.35. The monoisotopic (exact) mass is 243 g/mol. The van der Waals surface area contributed by atoms with Gasteiger partial charge in [0, 0.05) is 12.6 Å². The summed E-state index contributed by atoms with van der Waals surface area (Å²) in [6.07, 6.45) is -2.99. The molecule has 0 aromatic heterocycles. The van der Waals surface area contributed by atoms with Crippen molar-refractivity contribution in [3.05, 3.63) is 29.8 Å². The number of alkyl halides is 2. The Kier molecular flexibility index (Phi) is 4.43. The van der Waals surface area contributed by atoms with Crippen LogP contribution in [-0.2, 0) is 4.79 Å². The van der Waals surface area contributed by atoms with Gasteiger partial charge in [0.15, 0.2) is 0 Å². The van der Waals surface area contributed by atoms with E-state index in [1.54, 1.807) is 31.2 Å². The molecule has 17 heavy (non-hydrogen) atoms. The Balaban J connectivity index is 2.96. The third-order valence-electron chi connectivity index (χ3n) is 2.70. The number of amides is 1. The van der Waals surface area contributed by atoms with E-state index in [4.69, 9.17) is 4.74 Å². The average molecular weight is 243 g/mol. The summed E-state index contributed by atoms with van der Waals surface area (Å²) < 4.78 is 29.8. The van der Waals surface area contributed by atoms with E-state index in [0.717, 1.165) is 4.90 Å². The third kappa shape index (κ3) is 2.93. The van der Waals surface area contributed by atoms with Crippen LogP contribution in [-0.4, -0.2) is 31.4 Å². The molecule has 0 spiro atoms. The van der Waals surface area contributed by atoms with Gasteiger partial charge < -0.3 is 9.64 Å². The summed E-state index contributed by atoms with van der Waals surface area (Å²) in [6, 6.07) is 6.57. The number of ether oxygens (including phenoxy) is 1. The van der Waals surface area contributed by atoms with Crippen LogP contribution in [0.3, 0.4) is 0 Å². The van der Waals surface area contributed by atoms with E-state index in [1.807, 2.05) is 0 Å². The predicted molar refractivity (Wildman–Crippen MR) is 60.2 cm³/mol. The smallest absolute Gasteiger partial charge is 0.315 e. The number of halogens is 2. The molecule has 0 N–H and O–H groups in total. The lowest BCUT2D eigenvalue weighted by atomic mass is 10.1. The van der Waals surface area contributed by atoms with Crippen LogP contribution in [0.1, 0.15) is 18.5 Å². The van der Waals surface area contributed by atoms with Gasteiger partial charge in [0.2, 0.25) is 0 Å². The highest BCUT2D eigenvalue weighted by Crippen LogP contribution is 2.28. The molecule has 94 valence electrons. The SMILES string of the molecule is COc1ccccc1C(C)N(C)C(=O)C(F)F. The van der Waals surface area contributed by atoms with Gasteiger partial charge in [0.05, 0.1) is 13.2 Å². The summed E-state index contributed by atoms with van der Waals surface area (Å²) >= 11 is 0. The molecule has 1 amide bonds. The highest BCUT2D eigenvalue weighted by Gasteiger charge is 2.26. The van der Waals surface area contributed by atoms with Gasteiger partial charge in [0.1, 0.15) is 5.75 Å². The zero-order chi connectivity index (χ0) is 13.0. The normalized spacial score (nSPS) is 12.4. The van der Waals surface area contributed by atoms with Crippen LogP contribution in [0.2, 0.25) is 0 Å². The molecule has 0 saturated heterocycles. The lowest BCUT2D eigenvalue weighted by Crippen LogP contribution is -2.34. The number of methoxy groups -OCH3 is 1. The minimum atomic E-state index is -2.99. The van der Waals surface area contributed by atoms with Crippen molar-refractivity contribution in [2.24, 2.45) is 0 Å². The van der Waals surface area contributed by atoms with E-state index < -0.39 is 18.4 Å². The second kappa shape index (κ2) is 5.61. The van der Waals surface area contributed by atoms with Crippen LogP contribution in [0.15, 0.2) is 24.3 Å². The summed E-state index contributed by atoms with van der Waals surface area (Å²) in [7, 11) is 2.85. The molecule has 1 rings (SSSR count). The van der Waals surface area contributed by atoms with Crippen LogP contribution in [0.5, 0.6) is 5.75 Å². The fourth-order valence-electron chi connectivity index (χ4n) is 1.56. The van der Waals surface area contributed by atoms with Crippen molar-refractivity contribution in [2.45, 2.75) is 19.4 Å². The highest BCUT2D eigenvalue weighted by molar-refractivity contribution is 5.79. The van der Waals surface area contributed by atoms with Gasteiger partial charge in [-0.25, -0.2) is 0 Å². The van der Waals surface area contributed by atoms with Crippen molar-refractivity contribution in [1.82, 2.24) is 4.90 Å². The number of para-hydroxylation sites is 1. The molecule has 1 aromatic carbocycles. The van der Waals surface area contributed by atoms with Gasteiger partial charge in [-0.05, 0) is 13.0 Å². The van der Waals surface area contributed by atoms with Gasteiger partial charge >= 0.3 is 6.43 Å². The molecule has 1 aromatic rings. The van der Waals surface area contributed by atoms with Gasteiger partial charge in [-0.3, -0.25) is 4.79 Å². The van der Waals surface area contributed by atoms with Crippen molar-refractivity contribution >= 4 is 5.91 Å². The number of hydrogen-bond acceptors (Lipinski definition) is 2. The number of nitrogens with zero attached hydrogens (tertiary/aromatic N) is 1. The summed E-state index contributed by atoms with van der Waals surface area (Å²) in [5.74, 6) is -0.614. The number of benzene rings is 1. The number of carbonyl (C=O) groups is 1. The molecule has 0 aliphatic rings. The summed E-state index contributed by atoms with van der Waals surface area (Å²) in [5.41, 5.74) is 0.700. The summed E-state index contributed by atoms with van der Waals surface area (Å²) in [4.78, 5) is 12.2. The molecule has 0 aliphatic carbocycles. The maximum atomic E-state index is 12.3. The molecule has 0 radical (unpaired) electrons. The first kappa shape index (κ1) is 13.4. The lowest BCUT2D eigenvalue weighted by molar-refractivity contribution is -0.143. The first-order valence-corrected chi connectivity index (χ1v) is 5.16. The van der Waals surface area contributed by atoms with Crippen molar-refractivity contribution in [1.29, 1.82) is 0 Å². The molecule has 1 unspecified atom stereocenters. The number of hydrogen-bond donors (Lipinski definition) is 0. The van der Waals surface area contributed by atoms with E-state index in [0.29, 0.717) is 11.3 Å². The standard InChI is InChI=1S/C12H15F2NO2/c1-8(15(2)12(16)11(13)14)9-6-4-5-7-10(9)17-3/h4-8,11H,1-3H3. The molecule has 1 atom stereocenters. The third-order valence-corrected chi connectivity index (χ3v) is 2.70. The largest absolute Gasteiger partial charge is 0.496 e. The molecule has 0 aliphatic heterocycles. The van der Waals surface area contributed by atoms with E-state index in [2.05, 4.69) is 0 Å². The first-order chi connectivity index (χ1) is 7.99. The van der Waals surface area contributed by atoms with Crippen LogP contribution in [0.25, 0.3) is 0 Å². The van der Waals surface area contributed by atoms with E-state index in [-0.39, 0.29) is 0 Å². The van der Waals surface area contributed by atoms with Crippen LogP contribution in [0, 0.1) is 0 Å². The molecule has 0 bridgehead atoms. The Bertz CT molecular complexity index is 396. The number of rotatable bonds is 4. The molecule has 0 saturated carbocycles. The van der Waals surface area contributed by atoms with E-state index >= 15 is 0 Å².